The van der Waals surface area contributed by atoms with E-state index >= 15 is 0 Å². The third-order valence-corrected chi connectivity index (χ3v) is 4.10. The molecule has 2 unspecified atom stereocenters. The lowest BCUT2D eigenvalue weighted by molar-refractivity contribution is -0.134. The molecule has 1 saturated heterocycles. The molecule has 2 rings (SSSR count). The molecule has 1 aromatic rings. The molecule has 2 atom stereocenters. The van der Waals surface area contributed by atoms with Gasteiger partial charge in [-0.15, -0.1) is 0 Å². The summed E-state index contributed by atoms with van der Waals surface area (Å²) in [5.41, 5.74) is 1.64. The fourth-order valence-corrected chi connectivity index (χ4v) is 3.04. The number of halogens is 1. The molecule has 1 N–H and O–H groups in total. The van der Waals surface area contributed by atoms with Crippen molar-refractivity contribution < 1.29 is 9.59 Å². The second-order valence-electron chi connectivity index (χ2n) is 5.44. The summed E-state index contributed by atoms with van der Waals surface area (Å²) < 4.78 is 0. The van der Waals surface area contributed by atoms with Gasteiger partial charge in [-0.25, -0.2) is 0 Å². The lowest BCUT2D eigenvalue weighted by atomic mass is 10.0. The average molecular weight is 309 g/mol. The van der Waals surface area contributed by atoms with Gasteiger partial charge in [0.05, 0.1) is 10.7 Å². The Bertz CT molecular complexity index is 559. The van der Waals surface area contributed by atoms with Gasteiger partial charge in [0.15, 0.2) is 0 Å². The first-order valence-corrected chi connectivity index (χ1v) is 7.77. The minimum atomic E-state index is -0.495. The highest BCUT2D eigenvalue weighted by Gasteiger charge is 2.40. The molecule has 2 amide bonds. The highest BCUT2D eigenvalue weighted by Crippen LogP contribution is 2.31. The van der Waals surface area contributed by atoms with Gasteiger partial charge in [0.2, 0.25) is 11.8 Å². The lowest BCUT2D eigenvalue weighted by Gasteiger charge is -2.39. The molecule has 0 radical (unpaired) electrons. The van der Waals surface area contributed by atoms with Crippen LogP contribution in [0.2, 0.25) is 5.02 Å². The molecule has 0 spiro atoms. The summed E-state index contributed by atoms with van der Waals surface area (Å²) in [6, 6.07) is 4.59. The van der Waals surface area contributed by atoms with Gasteiger partial charge in [0.25, 0.3) is 0 Å². The molecule has 0 bridgehead atoms. The molecule has 5 heteroatoms. The van der Waals surface area contributed by atoms with Crippen LogP contribution in [0.5, 0.6) is 0 Å². The molecule has 1 aromatic carbocycles. The molecule has 4 nitrogen and oxygen atoms in total. The number of benzene rings is 1. The number of rotatable bonds is 4. The van der Waals surface area contributed by atoms with Crippen LogP contribution in [-0.4, -0.2) is 23.9 Å². The van der Waals surface area contributed by atoms with Crippen LogP contribution in [-0.2, 0) is 9.59 Å². The minimum absolute atomic E-state index is 0.0750. The van der Waals surface area contributed by atoms with Crippen LogP contribution in [0.25, 0.3) is 0 Å². The van der Waals surface area contributed by atoms with Crippen LogP contribution >= 0.6 is 11.6 Å². The highest BCUT2D eigenvalue weighted by atomic mass is 35.5. The molecule has 0 aromatic heterocycles. The zero-order chi connectivity index (χ0) is 15.6. The first-order chi connectivity index (χ1) is 9.99. The monoisotopic (exact) mass is 308 g/mol. The summed E-state index contributed by atoms with van der Waals surface area (Å²) in [6.07, 6.45) is 2.03. The number of carbonyl (C=O) groups excluding carboxylic acids is 2. The summed E-state index contributed by atoms with van der Waals surface area (Å²) in [7, 11) is 0. The normalized spacial score (nSPS) is 22.4. The highest BCUT2D eigenvalue weighted by molar-refractivity contribution is 6.34. The quantitative estimate of drug-likeness (QED) is 0.929. The van der Waals surface area contributed by atoms with Crippen molar-refractivity contribution in [2.24, 2.45) is 0 Å². The Morgan fingerprint density at radius 3 is 2.57 bits per heavy atom. The van der Waals surface area contributed by atoms with E-state index in [-0.39, 0.29) is 11.8 Å². The molecule has 0 aliphatic carbocycles. The number of hydrogen-bond acceptors (Lipinski definition) is 2. The Kier molecular flexibility index (Phi) is 4.88. The predicted molar refractivity (Wildman–Crippen MR) is 84.6 cm³/mol. The van der Waals surface area contributed by atoms with E-state index in [0.29, 0.717) is 23.6 Å². The molecule has 1 heterocycles. The van der Waals surface area contributed by atoms with Crippen LogP contribution < -0.4 is 10.2 Å². The van der Waals surface area contributed by atoms with Gasteiger partial charge >= 0.3 is 0 Å². The fraction of sp³-hybridized carbons (Fsp3) is 0.500. The second kappa shape index (κ2) is 6.48. The molecule has 1 aliphatic rings. The lowest BCUT2D eigenvalue weighted by Crippen LogP contribution is -2.63. The number of anilines is 1. The van der Waals surface area contributed by atoms with E-state index in [9.17, 15) is 9.59 Å². The third kappa shape index (κ3) is 3.05. The SMILES string of the molecule is CCCC1NC(=O)C(CC)N(c2ccc(C)cc2Cl)C1=O. The maximum absolute atomic E-state index is 12.7. The number of piperazine rings is 1. The Balaban J connectivity index is 2.44. The van der Waals surface area contributed by atoms with E-state index in [2.05, 4.69) is 5.32 Å². The largest absolute Gasteiger partial charge is 0.342 e. The van der Waals surface area contributed by atoms with E-state index in [1.807, 2.05) is 39.0 Å². The Labute approximate surface area is 130 Å². The van der Waals surface area contributed by atoms with E-state index in [1.54, 1.807) is 4.90 Å². The molecule has 0 saturated carbocycles. The Morgan fingerprint density at radius 1 is 1.29 bits per heavy atom. The Morgan fingerprint density at radius 2 is 2.00 bits per heavy atom. The second-order valence-corrected chi connectivity index (χ2v) is 5.84. The predicted octanol–water partition coefficient (Wildman–Crippen LogP) is 3.06. The molecule has 1 fully saturated rings. The van der Waals surface area contributed by atoms with Gasteiger partial charge in [-0.2, -0.15) is 0 Å². The topological polar surface area (TPSA) is 49.4 Å². The van der Waals surface area contributed by atoms with E-state index in [1.165, 1.54) is 0 Å². The smallest absolute Gasteiger partial charge is 0.250 e. The summed E-state index contributed by atoms with van der Waals surface area (Å²) >= 11 is 6.30. The average Bonchev–Trinajstić information content (AvgIpc) is 2.43. The molecule has 21 heavy (non-hydrogen) atoms. The fourth-order valence-electron chi connectivity index (χ4n) is 2.71. The van der Waals surface area contributed by atoms with Crippen molar-refractivity contribution in [3.63, 3.8) is 0 Å². The number of amides is 2. The van der Waals surface area contributed by atoms with Crippen LogP contribution in [0.1, 0.15) is 38.7 Å². The van der Waals surface area contributed by atoms with Crippen molar-refractivity contribution in [2.75, 3.05) is 4.90 Å². The van der Waals surface area contributed by atoms with Crippen LogP contribution in [0.3, 0.4) is 0 Å². The minimum Gasteiger partial charge on any atom is -0.342 e. The summed E-state index contributed by atoms with van der Waals surface area (Å²) in [5.74, 6) is -0.179. The molecule has 114 valence electrons. The third-order valence-electron chi connectivity index (χ3n) is 3.79. The van der Waals surface area contributed by atoms with E-state index in [0.717, 1.165) is 12.0 Å². The van der Waals surface area contributed by atoms with Crippen molar-refractivity contribution >= 4 is 29.1 Å². The number of aryl methyl sites for hydroxylation is 1. The zero-order valence-electron chi connectivity index (χ0n) is 12.6. The number of hydrogen-bond donors (Lipinski definition) is 1. The Hall–Kier alpha value is -1.55. The number of nitrogens with zero attached hydrogens (tertiary/aromatic N) is 1. The summed E-state index contributed by atoms with van der Waals surface area (Å²) in [4.78, 5) is 26.6. The summed E-state index contributed by atoms with van der Waals surface area (Å²) in [6.45, 7) is 5.83. The van der Waals surface area contributed by atoms with Crippen molar-refractivity contribution in [2.45, 2.75) is 52.1 Å². The maximum Gasteiger partial charge on any atom is 0.250 e. The van der Waals surface area contributed by atoms with Crippen LogP contribution in [0.15, 0.2) is 18.2 Å². The molecular weight excluding hydrogens is 288 g/mol. The maximum atomic E-state index is 12.7. The van der Waals surface area contributed by atoms with Crippen molar-refractivity contribution in [1.29, 1.82) is 0 Å². The standard InChI is InChI=1S/C16H21ClN2O2/c1-4-6-12-16(21)19(13(5-2)15(20)18-12)14-8-7-10(3)9-11(14)17/h7-9,12-13H,4-6H2,1-3H3,(H,18,20). The zero-order valence-corrected chi connectivity index (χ0v) is 13.4. The first kappa shape index (κ1) is 15.8. The molecule has 1 aliphatic heterocycles. The van der Waals surface area contributed by atoms with E-state index < -0.39 is 12.1 Å². The van der Waals surface area contributed by atoms with Gasteiger partial charge < -0.3 is 5.32 Å². The van der Waals surface area contributed by atoms with Crippen LogP contribution in [0, 0.1) is 6.92 Å². The molecular formula is C16H21ClN2O2. The van der Waals surface area contributed by atoms with Gasteiger partial charge in [-0.3, -0.25) is 14.5 Å². The van der Waals surface area contributed by atoms with Gasteiger partial charge in [-0.05, 0) is 37.5 Å². The van der Waals surface area contributed by atoms with Crippen molar-refractivity contribution in [3.8, 4) is 0 Å². The summed E-state index contributed by atoms with van der Waals surface area (Å²) in [5, 5.41) is 3.33. The van der Waals surface area contributed by atoms with Crippen LogP contribution in [0.4, 0.5) is 5.69 Å². The van der Waals surface area contributed by atoms with Gasteiger partial charge in [-0.1, -0.05) is 37.9 Å². The van der Waals surface area contributed by atoms with Crippen molar-refractivity contribution in [1.82, 2.24) is 5.32 Å². The van der Waals surface area contributed by atoms with E-state index in [4.69, 9.17) is 11.6 Å². The van der Waals surface area contributed by atoms with Gasteiger partial charge in [0.1, 0.15) is 12.1 Å². The van der Waals surface area contributed by atoms with Gasteiger partial charge in [0, 0.05) is 0 Å². The van der Waals surface area contributed by atoms with Crippen molar-refractivity contribution in [3.05, 3.63) is 28.8 Å². The number of nitrogens with one attached hydrogen (secondary N) is 1. The first-order valence-electron chi connectivity index (χ1n) is 7.39. The number of carbonyl (C=O) groups is 2.